The number of halogens is 1. The van der Waals surface area contributed by atoms with Crippen LogP contribution in [-0.2, 0) is 4.79 Å². The van der Waals surface area contributed by atoms with Crippen LogP contribution in [0.5, 0.6) is 0 Å². The van der Waals surface area contributed by atoms with Crippen LogP contribution >= 0.6 is 15.9 Å². The molecule has 1 rings (SSSR count). The lowest BCUT2D eigenvalue weighted by Gasteiger charge is -2.23. The third kappa shape index (κ3) is 3.57. The van der Waals surface area contributed by atoms with Gasteiger partial charge in [-0.1, -0.05) is 22.9 Å². The van der Waals surface area contributed by atoms with Gasteiger partial charge in [-0.15, -0.1) is 0 Å². The first-order valence-electron chi connectivity index (χ1n) is 5.66. The van der Waals surface area contributed by atoms with Crippen molar-refractivity contribution in [2.24, 2.45) is 5.41 Å². The number of hydrogen-bond acceptors (Lipinski definition) is 2. The van der Waals surface area contributed by atoms with Crippen LogP contribution in [0.3, 0.4) is 0 Å². The Hall–Kier alpha value is -1.36. The minimum Gasteiger partial charge on any atom is -0.481 e. The number of rotatable bonds is 5. The highest BCUT2D eigenvalue weighted by molar-refractivity contribution is 9.10. The number of aliphatic carboxylic acids is 1. The summed E-state index contributed by atoms with van der Waals surface area (Å²) in [6.07, 6.45) is 0.461. The molecule has 1 aromatic carbocycles. The number of carboxylic acids is 1. The summed E-state index contributed by atoms with van der Waals surface area (Å²) in [5.41, 5.74) is -0.410. The van der Waals surface area contributed by atoms with Crippen LogP contribution in [0.2, 0.25) is 0 Å². The Morgan fingerprint density at radius 2 is 1.89 bits per heavy atom. The molecular weight excluding hydrogens is 298 g/mol. The van der Waals surface area contributed by atoms with Gasteiger partial charge in [-0.05, 0) is 37.6 Å². The molecule has 0 heterocycles. The summed E-state index contributed by atoms with van der Waals surface area (Å²) in [6, 6.07) is 6.91. The Balaban J connectivity index is 2.66. The van der Waals surface area contributed by atoms with E-state index in [0.29, 0.717) is 12.0 Å². The first-order valence-corrected chi connectivity index (χ1v) is 6.45. The average Bonchev–Trinajstić information content (AvgIpc) is 2.36. The van der Waals surface area contributed by atoms with Crippen LogP contribution in [0.1, 0.15) is 30.6 Å². The van der Waals surface area contributed by atoms with Crippen molar-refractivity contribution in [1.29, 1.82) is 0 Å². The fraction of sp³-hybridized carbons (Fsp3) is 0.385. The van der Waals surface area contributed by atoms with Gasteiger partial charge in [-0.2, -0.15) is 0 Å². The molecule has 0 fully saturated rings. The maximum absolute atomic E-state index is 11.8. The molecule has 0 aliphatic carbocycles. The summed E-state index contributed by atoms with van der Waals surface area (Å²) < 4.78 is 0.892. The Labute approximate surface area is 115 Å². The summed E-state index contributed by atoms with van der Waals surface area (Å²) in [5.74, 6) is -1.16. The topological polar surface area (TPSA) is 66.4 Å². The standard InChI is InChI=1S/C13H16BrNO3/c1-3-13(2,12(17)18)8-15-11(16)9-4-6-10(14)7-5-9/h4-7H,3,8H2,1-2H3,(H,15,16)(H,17,18). The fourth-order valence-electron chi connectivity index (χ4n) is 1.33. The van der Waals surface area contributed by atoms with Gasteiger partial charge in [0.2, 0.25) is 0 Å². The molecule has 98 valence electrons. The van der Waals surface area contributed by atoms with E-state index in [1.54, 1.807) is 38.1 Å². The Morgan fingerprint density at radius 1 is 1.33 bits per heavy atom. The molecule has 0 aliphatic heterocycles. The van der Waals surface area contributed by atoms with Gasteiger partial charge in [-0.3, -0.25) is 9.59 Å². The molecule has 1 amide bonds. The van der Waals surface area contributed by atoms with Gasteiger partial charge >= 0.3 is 5.97 Å². The molecule has 5 heteroatoms. The van der Waals surface area contributed by atoms with Crippen molar-refractivity contribution >= 4 is 27.8 Å². The predicted molar refractivity (Wildman–Crippen MR) is 72.5 cm³/mol. The minimum atomic E-state index is -0.926. The smallest absolute Gasteiger partial charge is 0.311 e. The van der Waals surface area contributed by atoms with Crippen LogP contribution in [0.15, 0.2) is 28.7 Å². The van der Waals surface area contributed by atoms with Crippen molar-refractivity contribution in [2.45, 2.75) is 20.3 Å². The van der Waals surface area contributed by atoms with Crippen molar-refractivity contribution in [2.75, 3.05) is 6.54 Å². The van der Waals surface area contributed by atoms with Crippen molar-refractivity contribution in [3.05, 3.63) is 34.3 Å². The Bertz CT molecular complexity index is 444. The first kappa shape index (κ1) is 14.7. The SMILES string of the molecule is CCC(C)(CNC(=O)c1ccc(Br)cc1)C(=O)O. The summed E-state index contributed by atoms with van der Waals surface area (Å²) in [6.45, 7) is 3.53. The van der Waals surface area contributed by atoms with Gasteiger partial charge in [0.25, 0.3) is 5.91 Å². The molecule has 4 nitrogen and oxygen atoms in total. The highest BCUT2D eigenvalue weighted by Gasteiger charge is 2.31. The molecule has 0 saturated heterocycles. The van der Waals surface area contributed by atoms with Crippen LogP contribution in [0.25, 0.3) is 0 Å². The highest BCUT2D eigenvalue weighted by atomic mass is 79.9. The maximum Gasteiger partial charge on any atom is 0.311 e. The molecule has 18 heavy (non-hydrogen) atoms. The van der Waals surface area contributed by atoms with E-state index in [1.165, 1.54) is 0 Å². The van der Waals surface area contributed by atoms with Gasteiger partial charge in [0, 0.05) is 16.6 Å². The second-order valence-electron chi connectivity index (χ2n) is 4.41. The molecule has 0 spiro atoms. The molecular formula is C13H16BrNO3. The summed E-state index contributed by atoms with van der Waals surface area (Å²) in [7, 11) is 0. The zero-order valence-electron chi connectivity index (χ0n) is 10.4. The zero-order chi connectivity index (χ0) is 13.8. The normalized spacial score (nSPS) is 13.7. The Kier molecular flexibility index (Phi) is 4.90. The van der Waals surface area contributed by atoms with E-state index in [1.807, 2.05) is 0 Å². The number of nitrogens with one attached hydrogen (secondary N) is 1. The van der Waals surface area contributed by atoms with E-state index in [2.05, 4.69) is 21.2 Å². The summed E-state index contributed by atoms with van der Waals surface area (Å²) in [4.78, 5) is 22.9. The van der Waals surface area contributed by atoms with Crippen molar-refractivity contribution in [3.8, 4) is 0 Å². The lowest BCUT2D eigenvalue weighted by atomic mass is 9.87. The molecule has 1 unspecified atom stereocenters. The molecule has 0 bridgehead atoms. The van der Waals surface area contributed by atoms with Crippen LogP contribution in [-0.4, -0.2) is 23.5 Å². The highest BCUT2D eigenvalue weighted by Crippen LogP contribution is 2.20. The maximum atomic E-state index is 11.8. The second-order valence-corrected chi connectivity index (χ2v) is 5.32. The summed E-state index contributed by atoms with van der Waals surface area (Å²) >= 11 is 3.29. The lowest BCUT2D eigenvalue weighted by molar-refractivity contribution is -0.147. The number of benzene rings is 1. The first-order chi connectivity index (χ1) is 8.39. The van der Waals surface area contributed by atoms with Gasteiger partial charge < -0.3 is 10.4 Å². The van der Waals surface area contributed by atoms with Gasteiger partial charge in [-0.25, -0.2) is 0 Å². The van der Waals surface area contributed by atoms with E-state index >= 15 is 0 Å². The second kappa shape index (κ2) is 6.00. The van der Waals surface area contributed by atoms with Crippen LogP contribution < -0.4 is 5.32 Å². The molecule has 1 atom stereocenters. The third-order valence-corrected chi connectivity index (χ3v) is 3.57. The summed E-state index contributed by atoms with van der Waals surface area (Å²) in [5, 5.41) is 11.8. The number of carbonyl (C=O) groups excluding carboxylic acids is 1. The molecule has 0 saturated carbocycles. The largest absolute Gasteiger partial charge is 0.481 e. The van der Waals surface area contributed by atoms with Crippen molar-refractivity contribution < 1.29 is 14.7 Å². The van der Waals surface area contributed by atoms with Crippen molar-refractivity contribution in [1.82, 2.24) is 5.32 Å². The lowest BCUT2D eigenvalue weighted by Crippen LogP contribution is -2.40. The average molecular weight is 314 g/mol. The molecule has 2 N–H and O–H groups in total. The molecule has 0 aliphatic rings. The van der Waals surface area contributed by atoms with E-state index < -0.39 is 11.4 Å². The Morgan fingerprint density at radius 3 is 2.33 bits per heavy atom. The third-order valence-electron chi connectivity index (χ3n) is 3.04. The van der Waals surface area contributed by atoms with Crippen molar-refractivity contribution in [3.63, 3.8) is 0 Å². The molecule has 1 aromatic rings. The molecule has 0 aromatic heterocycles. The van der Waals surface area contributed by atoms with Gasteiger partial charge in [0.15, 0.2) is 0 Å². The monoisotopic (exact) mass is 313 g/mol. The number of amides is 1. The fourth-order valence-corrected chi connectivity index (χ4v) is 1.59. The number of carboxylic acid groups (broad SMARTS) is 1. The van der Waals surface area contributed by atoms with E-state index in [4.69, 9.17) is 5.11 Å². The van der Waals surface area contributed by atoms with Gasteiger partial charge in [0.1, 0.15) is 0 Å². The van der Waals surface area contributed by atoms with E-state index in [-0.39, 0.29) is 12.5 Å². The van der Waals surface area contributed by atoms with Crippen LogP contribution in [0, 0.1) is 5.41 Å². The predicted octanol–water partition coefficient (Wildman–Crippen LogP) is 2.68. The quantitative estimate of drug-likeness (QED) is 0.878. The number of carbonyl (C=O) groups is 2. The van der Waals surface area contributed by atoms with Gasteiger partial charge in [0.05, 0.1) is 5.41 Å². The zero-order valence-corrected chi connectivity index (χ0v) is 12.0. The number of hydrogen-bond donors (Lipinski definition) is 2. The molecule has 0 radical (unpaired) electrons. The minimum absolute atomic E-state index is 0.119. The van der Waals surface area contributed by atoms with Crippen LogP contribution in [0.4, 0.5) is 0 Å². The van der Waals surface area contributed by atoms with E-state index in [9.17, 15) is 9.59 Å². The van der Waals surface area contributed by atoms with E-state index in [0.717, 1.165) is 4.47 Å².